The second-order valence-electron chi connectivity index (χ2n) is 3.24. The Labute approximate surface area is 86.5 Å². The van der Waals surface area contributed by atoms with Crippen molar-refractivity contribution in [3.63, 3.8) is 0 Å². The van der Waals surface area contributed by atoms with Crippen LogP contribution in [-0.4, -0.2) is 29.1 Å². The minimum Gasteiger partial charge on any atom is -0.390 e. The lowest BCUT2D eigenvalue weighted by Crippen LogP contribution is -2.37. The van der Waals surface area contributed by atoms with Gasteiger partial charge in [0, 0.05) is 13.1 Å². The Morgan fingerprint density at radius 1 is 1.43 bits per heavy atom. The average Bonchev–Trinajstić information content (AvgIpc) is 2.72. The lowest BCUT2D eigenvalue weighted by Gasteiger charge is -2.25. The van der Waals surface area contributed by atoms with E-state index < -0.39 is 0 Å². The summed E-state index contributed by atoms with van der Waals surface area (Å²) in [4.78, 5) is 17.2. The number of nitrogens with zero attached hydrogens (tertiary/aromatic N) is 2. The van der Waals surface area contributed by atoms with Crippen LogP contribution in [0.1, 0.15) is 19.3 Å². The van der Waals surface area contributed by atoms with Crippen molar-refractivity contribution in [2.24, 2.45) is 0 Å². The summed E-state index contributed by atoms with van der Waals surface area (Å²) in [6.07, 6.45) is 3.09. The zero-order valence-electron chi connectivity index (χ0n) is 7.81. The van der Waals surface area contributed by atoms with Crippen molar-refractivity contribution < 1.29 is 9.53 Å². The number of amides is 1. The van der Waals surface area contributed by atoms with E-state index in [1.54, 1.807) is 15.8 Å². The van der Waals surface area contributed by atoms with Gasteiger partial charge in [-0.1, -0.05) is 0 Å². The fourth-order valence-electron chi connectivity index (χ4n) is 1.48. The number of thiazole rings is 1. The maximum absolute atomic E-state index is 11.5. The fourth-order valence-corrected chi connectivity index (χ4v) is 1.93. The molecule has 0 spiro atoms. The van der Waals surface area contributed by atoms with Crippen molar-refractivity contribution in [2.45, 2.75) is 19.3 Å². The Kier molecular flexibility index (Phi) is 2.98. The van der Waals surface area contributed by atoms with Crippen LogP contribution in [0.3, 0.4) is 0 Å². The Balaban J connectivity index is 1.88. The number of ether oxygens (including phenoxy) is 1. The van der Waals surface area contributed by atoms with E-state index in [4.69, 9.17) is 4.74 Å². The van der Waals surface area contributed by atoms with Crippen molar-refractivity contribution in [1.29, 1.82) is 0 Å². The van der Waals surface area contributed by atoms with Crippen molar-refractivity contribution in [3.05, 3.63) is 10.9 Å². The lowest BCUT2D eigenvalue weighted by molar-refractivity contribution is 0.141. The van der Waals surface area contributed by atoms with E-state index in [0.717, 1.165) is 25.9 Å². The molecular weight excluding hydrogens is 200 g/mol. The highest BCUT2D eigenvalue weighted by atomic mass is 32.1. The molecule has 14 heavy (non-hydrogen) atoms. The first-order chi connectivity index (χ1) is 6.86. The fraction of sp³-hybridized carbons (Fsp3) is 0.556. The molecule has 0 unspecified atom stereocenters. The zero-order valence-corrected chi connectivity index (χ0v) is 8.63. The molecule has 0 radical (unpaired) electrons. The third-order valence-electron chi connectivity index (χ3n) is 2.22. The molecule has 0 bridgehead atoms. The molecule has 0 saturated carbocycles. The number of hydrogen-bond donors (Lipinski definition) is 0. The van der Waals surface area contributed by atoms with Gasteiger partial charge in [0.15, 0.2) is 0 Å². The standard InChI is InChI=1S/C9H12N2O2S/c12-9(11-4-2-1-3-5-11)13-8-6-14-7-10-8/h6-7H,1-5H2. The second-order valence-corrected chi connectivity index (χ2v) is 3.96. The van der Waals surface area contributed by atoms with Crippen molar-refractivity contribution in [1.82, 2.24) is 9.88 Å². The van der Waals surface area contributed by atoms with Gasteiger partial charge in [0.1, 0.15) is 0 Å². The molecule has 4 nitrogen and oxygen atoms in total. The normalized spacial score (nSPS) is 16.7. The van der Waals surface area contributed by atoms with Gasteiger partial charge in [0.05, 0.1) is 10.9 Å². The summed E-state index contributed by atoms with van der Waals surface area (Å²) in [5.41, 5.74) is 1.65. The maximum atomic E-state index is 11.5. The minimum atomic E-state index is -0.268. The molecule has 5 heteroatoms. The molecule has 0 N–H and O–H groups in total. The van der Waals surface area contributed by atoms with Gasteiger partial charge in [-0.05, 0) is 19.3 Å². The zero-order chi connectivity index (χ0) is 9.80. The van der Waals surface area contributed by atoms with Crippen LogP contribution in [0.4, 0.5) is 4.79 Å². The molecule has 0 aliphatic carbocycles. The Hall–Kier alpha value is -1.10. The maximum Gasteiger partial charge on any atom is 0.416 e. The summed E-state index contributed by atoms with van der Waals surface area (Å²) in [5, 5.41) is 1.72. The number of rotatable bonds is 1. The van der Waals surface area contributed by atoms with Gasteiger partial charge in [-0.15, -0.1) is 11.3 Å². The van der Waals surface area contributed by atoms with Gasteiger partial charge in [-0.25, -0.2) is 9.78 Å². The van der Waals surface area contributed by atoms with Gasteiger partial charge in [-0.2, -0.15) is 0 Å². The number of hydrogen-bond acceptors (Lipinski definition) is 4. The third-order valence-corrected chi connectivity index (χ3v) is 2.78. The van der Waals surface area contributed by atoms with E-state index in [0.29, 0.717) is 5.88 Å². The number of carbonyl (C=O) groups excluding carboxylic acids is 1. The molecule has 2 rings (SSSR count). The van der Waals surface area contributed by atoms with Crippen molar-refractivity contribution in [3.8, 4) is 5.88 Å². The summed E-state index contributed by atoms with van der Waals surface area (Å²) >= 11 is 1.42. The number of likely N-dealkylation sites (tertiary alicyclic amines) is 1. The Morgan fingerprint density at radius 3 is 2.86 bits per heavy atom. The van der Waals surface area contributed by atoms with Gasteiger partial charge in [0.2, 0.25) is 5.88 Å². The molecule has 0 aromatic carbocycles. The molecule has 1 saturated heterocycles. The third kappa shape index (κ3) is 2.23. The quantitative estimate of drug-likeness (QED) is 0.716. The molecule has 1 fully saturated rings. The van der Waals surface area contributed by atoms with Crippen LogP contribution in [0, 0.1) is 0 Å². The van der Waals surface area contributed by atoms with Crippen LogP contribution in [0.5, 0.6) is 5.88 Å². The van der Waals surface area contributed by atoms with Crippen LogP contribution < -0.4 is 4.74 Å². The molecular formula is C9H12N2O2S. The topological polar surface area (TPSA) is 42.4 Å². The molecule has 1 aliphatic rings. The first-order valence-corrected chi connectivity index (χ1v) is 5.65. The predicted molar refractivity (Wildman–Crippen MR) is 53.6 cm³/mol. The first-order valence-electron chi connectivity index (χ1n) is 4.71. The van der Waals surface area contributed by atoms with E-state index in [2.05, 4.69) is 4.98 Å². The van der Waals surface area contributed by atoms with E-state index in [1.165, 1.54) is 17.8 Å². The molecule has 1 aromatic rings. The Morgan fingerprint density at radius 2 is 2.21 bits per heavy atom. The van der Waals surface area contributed by atoms with E-state index >= 15 is 0 Å². The summed E-state index contributed by atoms with van der Waals surface area (Å²) in [6.45, 7) is 1.62. The molecule has 0 atom stereocenters. The smallest absolute Gasteiger partial charge is 0.390 e. The van der Waals surface area contributed by atoms with Gasteiger partial charge in [-0.3, -0.25) is 0 Å². The van der Waals surface area contributed by atoms with Crippen LogP contribution in [-0.2, 0) is 0 Å². The first kappa shape index (κ1) is 9.45. The lowest BCUT2D eigenvalue weighted by atomic mass is 10.1. The summed E-state index contributed by atoms with van der Waals surface area (Å²) < 4.78 is 5.08. The number of aromatic nitrogens is 1. The molecule has 1 amide bonds. The minimum absolute atomic E-state index is 0.268. The molecule has 1 aliphatic heterocycles. The van der Waals surface area contributed by atoms with Gasteiger partial charge in [0.25, 0.3) is 0 Å². The second kappa shape index (κ2) is 4.41. The summed E-state index contributed by atoms with van der Waals surface area (Å²) in [6, 6.07) is 0. The van der Waals surface area contributed by atoms with Crippen molar-refractivity contribution >= 4 is 17.4 Å². The molecule has 76 valence electrons. The van der Waals surface area contributed by atoms with Crippen LogP contribution in [0.2, 0.25) is 0 Å². The monoisotopic (exact) mass is 212 g/mol. The van der Waals surface area contributed by atoms with E-state index in [1.807, 2.05) is 0 Å². The largest absolute Gasteiger partial charge is 0.416 e. The van der Waals surface area contributed by atoms with E-state index in [-0.39, 0.29) is 6.09 Å². The highest BCUT2D eigenvalue weighted by Gasteiger charge is 2.18. The van der Waals surface area contributed by atoms with Crippen LogP contribution >= 0.6 is 11.3 Å². The highest BCUT2D eigenvalue weighted by Crippen LogP contribution is 2.14. The molecule has 1 aromatic heterocycles. The van der Waals surface area contributed by atoms with Gasteiger partial charge < -0.3 is 9.64 Å². The summed E-state index contributed by atoms with van der Waals surface area (Å²) in [7, 11) is 0. The van der Waals surface area contributed by atoms with E-state index in [9.17, 15) is 4.79 Å². The molecule has 2 heterocycles. The van der Waals surface area contributed by atoms with Crippen LogP contribution in [0.25, 0.3) is 0 Å². The Bertz CT molecular complexity index is 294. The number of carbonyl (C=O) groups is 1. The van der Waals surface area contributed by atoms with Crippen molar-refractivity contribution in [2.75, 3.05) is 13.1 Å². The average molecular weight is 212 g/mol. The summed E-state index contributed by atoms with van der Waals surface area (Å²) in [5.74, 6) is 0.408. The predicted octanol–water partition coefficient (Wildman–Crippen LogP) is 2.13. The van der Waals surface area contributed by atoms with Gasteiger partial charge >= 0.3 is 6.09 Å². The SMILES string of the molecule is O=C(Oc1cscn1)N1CCCCC1. The number of piperidine rings is 1. The highest BCUT2D eigenvalue weighted by molar-refractivity contribution is 7.07. The van der Waals surface area contributed by atoms with Crippen LogP contribution in [0.15, 0.2) is 10.9 Å².